The Morgan fingerprint density at radius 2 is 1.41 bits per heavy atom. The summed E-state index contributed by atoms with van der Waals surface area (Å²) >= 11 is 0. The third kappa shape index (κ3) is 8.04. The molecule has 0 radical (unpaired) electrons. The summed E-state index contributed by atoms with van der Waals surface area (Å²) in [5.74, 6) is -1.47. The van der Waals surface area contributed by atoms with Gasteiger partial charge in [-0.15, -0.1) is 13.2 Å². The molecule has 1 amide bonds. The Balaban J connectivity index is 2.12. The second-order valence-corrected chi connectivity index (χ2v) is 10.5. The fraction of sp³-hybridized carbons (Fsp3) is 0.435. The Labute approximate surface area is 197 Å². The predicted octanol–water partition coefficient (Wildman–Crippen LogP) is 6.89. The molecule has 0 spiro atoms. The van der Waals surface area contributed by atoms with Crippen molar-refractivity contribution in [1.29, 1.82) is 0 Å². The largest absolute Gasteiger partial charge is 0.573 e. The molecule has 2 aromatic rings. The molecule has 1 atom stereocenters. The zero-order chi connectivity index (χ0) is 25.6. The minimum Gasteiger partial charge on any atom is -0.406 e. The van der Waals surface area contributed by atoms with Crippen molar-refractivity contribution in [3.05, 3.63) is 54.1 Å². The first-order chi connectivity index (χ1) is 15.8. The van der Waals surface area contributed by atoms with Crippen molar-refractivity contribution in [2.45, 2.75) is 46.8 Å². The third-order valence-corrected chi connectivity index (χ3v) is 7.32. The maximum Gasteiger partial charge on any atom is 0.573 e. The number of amides is 1. The Morgan fingerprint density at radius 1 is 0.912 bits per heavy atom. The summed E-state index contributed by atoms with van der Waals surface area (Å²) < 4.78 is 65.1. The van der Waals surface area contributed by atoms with Gasteiger partial charge in [0.15, 0.2) is 0 Å². The lowest BCUT2D eigenvalue weighted by Gasteiger charge is -2.36. The van der Waals surface area contributed by atoms with Crippen molar-refractivity contribution in [2.24, 2.45) is 5.41 Å². The molecule has 0 saturated heterocycles. The Bertz CT molecular complexity index is 980. The van der Waals surface area contributed by atoms with Crippen LogP contribution >= 0.6 is 7.60 Å². The Morgan fingerprint density at radius 3 is 1.85 bits per heavy atom. The third-order valence-electron chi connectivity index (χ3n) is 4.55. The summed E-state index contributed by atoms with van der Waals surface area (Å²) in [7, 11) is -3.48. The molecule has 34 heavy (non-hydrogen) atoms. The molecule has 1 unspecified atom stereocenters. The van der Waals surface area contributed by atoms with Crippen LogP contribution in [0.5, 0.6) is 5.75 Å². The van der Waals surface area contributed by atoms with Gasteiger partial charge in [0, 0.05) is 16.9 Å². The van der Waals surface area contributed by atoms with E-state index in [2.05, 4.69) is 15.4 Å². The van der Waals surface area contributed by atoms with E-state index in [1.54, 1.807) is 38.1 Å². The van der Waals surface area contributed by atoms with Gasteiger partial charge in [0.2, 0.25) is 0 Å². The van der Waals surface area contributed by atoms with E-state index in [0.717, 1.165) is 12.1 Å². The van der Waals surface area contributed by atoms with E-state index in [1.165, 1.54) is 12.1 Å². The minimum atomic E-state index is -4.79. The van der Waals surface area contributed by atoms with Crippen LogP contribution in [0.3, 0.4) is 0 Å². The molecule has 0 aliphatic rings. The van der Waals surface area contributed by atoms with Gasteiger partial charge in [-0.2, -0.15) is 0 Å². The van der Waals surface area contributed by atoms with Crippen molar-refractivity contribution < 1.29 is 36.3 Å². The van der Waals surface area contributed by atoms with Crippen molar-refractivity contribution in [3.8, 4) is 5.75 Å². The van der Waals surface area contributed by atoms with Gasteiger partial charge in [0.1, 0.15) is 11.5 Å². The van der Waals surface area contributed by atoms with Crippen LogP contribution in [0.2, 0.25) is 0 Å². The first-order valence-electron chi connectivity index (χ1n) is 10.7. The number of ether oxygens (including phenoxy) is 1. The molecule has 2 N–H and O–H groups in total. The van der Waals surface area contributed by atoms with E-state index in [0.29, 0.717) is 16.9 Å². The van der Waals surface area contributed by atoms with E-state index < -0.39 is 31.1 Å². The normalized spacial score (nSPS) is 13.3. The van der Waals surface area contributed by atoms with Gasteiger partial charge in [0.25, 0.3) is 5.91 Å². The number of nitrogens with one attached hydrogen (secondary N) is 2. The van der Waals surface area contributed by atoms with Crippen LogP contribution in [0, 0.1) is 5.41 Å². The smallest absolute Gasteiger partial charge is 0.406 e. The topological polar surface area (TPSA) is 85.9 Å². The number of benzene rings is 2. The molecule has 0 aromatic heterocycles. The number of halogens is 3. The quantitative estimate of drug-likeness (QED) is 0.344. The number of rotatable bonds is 10. The number of hydrogen-bond acceptors (Lipinski definition) is 6. The van der Waals surface area contributed by atoms with Gasteiger partial charge in [-0.05, 0) is 67.8 Å². The Hall–Kier alpha value is -2.55. The van der Waals surface area contributed by atoms with Crippen LogP contribution in [-0.2, 0) is 13.6 Å². The monoisotopic (exact) mass is 502 g/mol. The van der Waals surface area contributed by atoms with E-state index in [-0.39, 0.29) is 19.0 Å². The van der Waals surface area contributed by atoms with Gasteiger partial charge >= 0.3 is 14.0 Å². The molecule has 0 saturated carbocycles. The number of anilines is 2. The van der Waals surface area contributed by atoms with Crippen LogP contribution in [0.1, 0.15) is 45.0 Å². The molecule has 0 aliphatic heterocycles. The number of carbonyl (C=O) groups is 1. The van der Waals surface area contributed by atoms with E-state index >= 15 is 0 Å². The first kappa shape index (κ1) is 27.7. The summed E-state index contributed by atoms with van der Waals surface area (Å²) in [5, 5.41) is 5.83. The molecule has 188 valence electrons. The lowest BCUT2D eigenvalue weighted by Crippen LogP contribution is -2.35. The predicted molar refractivity (Wildman–Crippen MR) is 125 cm³/mol. The molecular weight excluding hydrogens is 472 g/mol. The minimum absolute atomic E-state index is 0.230. The zero-order valence-electron chi connectivity index (χ0n) is 19.7. The molecule has 7 nitrogen and oxygen atoms in total. The maximum absolute atomic E-state index is 13.4. The van der Waals surface area contributed by atoms with Crippen molar-refractivity contribution in [2.75, 3.05) is 23.8 Å². The average Bonchev–Trinajstić information content (AvgIpc) is 2.72. The van der Waals surface area contributed by atoms with Crippen LogP contribution in [0.15, 0.2) is 48.5 Å². The van der Waals surface area contributed by atoms with Crippen molar-refractivity contribution >= 4 is 24.9 Å². The number of carbonyl (C=O) groups excluding carboxylic acids is 1. The summed E-state index contributed by atoms with van der Waals surface area (Å²) in [4.78, 5) is 12.5. The van der Waals surface area contributed by atoms with Gasteiger partial charge in [-0.3, -0.25) is 9.36 Å². The maximum atomic E-state index is 13.4. The molecule has 2 aromatic carbocycles. The van der Waals surface area contributed by atoms with Gasteiger partial charge in [-0.1, -0.05) is 20.8 Å². The SMILES string of the molecule is CCOP(=O)(OCC)C(Nc1ccc(C(=O)Nc2ccc(OC(F)(F)F)cc2)cc1)C(C)(C)C. The van der Waals surface area contributed by atoms with Crippen LogP contribution in [-0.4, -0.2) is 31.3 Å². The zero-order valence-corrected chi connectivity index (χ0v) is 20.6. The van der Waals surface area contributed by atoms with Gasteiger partial charge < -0.3 is 24.4 Å². The molecular formula is C23H30F3N2O5P. The lowest BCUT2D eigenvalue weighted by atomic mass is 9.96. The van der Waals surface area contributed by atoms with Crippen LogP contribution in [0.4, 0.5) is 24.5 Å². The van der Waals surface area contributed by atoms with Crippen molar-refractivity contribution in [1.82, 2.24) is 0 Å². The highest BCUT2D eigenvalue weighted by atomic mass is 31.2. The summed E-state index contributed by atoms with van der Waals surface area (Å²) in [6.45, 7) is 9.71. The van der Waals surface area contributed by atoms with Gasteiger partial charge in [0.05, 0.1) is 13.2 Å². The fourth-order valence-corrected chi connectivity index (χ4v) is 5.48. The summed E-state index contributed by atoms with van der Waals surface area (Å²) in [6.07, 6.45) is -4.79. The molecule has 0 heterocycles. The highest BCUT2D eigenvalue weighted by Gasteiger charge is 2.43. The van der Waals surface area contributed by atoms with Gasteiger partial charge in [-0.25, -0.2) is 0 Å². The van der Waals surface area contributed by atoms with E-state index in [1.807, 2.05) is 20.8 Å². The van der Waals surface area contributed by atoms with E-state index in [4.69, 9.17) is 9.05 Å². The highest BCUT2D eigenvalue weighted by Crippen LogP contribution is 2.58. The van der Waals surface area contributed by atoms with Crippen LogP contribution in [0.25, 0.3) is 0 Å². The average molecular weight is 502 g/mol. The lowest BCUT2D eigenvalue weighted by molar-refractivity contribution is -0.274. The highest BCUT2D eigenvalue weighted by molar-refractivity contribution is 7.54. The molecule has 0 aliphatic carbocycles. The van der Waals surface area contributed by atoms with E-state index in [9.17, 15) is 22.5 Å². The standard InChI is InChI=1S/C23H30F3N2O5P/c1-6-31-34(30,32-7-2)21(22(3,4)5)28-18-10-8-16(9-11-18)20(29)27-17-12-14-19(15-13-17)33-23(24,25)26/h8-15,21,28H,6-7H2,1-5H3,(H,27,29). The van der Waals surface area contributed by atoms with Crippen LogP contribution < -0.4 is 15.4 Å². The first-order valence-corrected chi connectivity index (χ1v) is 12.3. The molecule has 11 heteroatoms. The molecule has 0 bridgehead atoms. The summed E-state index contributed by atoms with van der Waals surface area (Å²) in [6, 6.07) is 11.3. The second-order valence-electron chi connectivity index (χ2n) is 8.39. The Kier molecular flexibility index (Phi) is 9.16. The fourth-order valence-electron chi connectivity index (χ4n) is 3.14. The number of alkyl halides is 3. The molecule has 0 fully saturated rings. The van der Waals surface area contributed by atoms with Crippen molar-refractivity contribution in [3.63, 3.8) is 0 Å². The molecule has 2 rings (SSSR count). The number of hydrogen-bond donors (Lipinski definition) is 2. The summed E-state index contributed by atoms with van der Waals surface area (Å²) in [5.41, 5.74) is 0.776. The second kappa shape index (κ2) is 11.3.